The SMILES string of the molecule is COc1cccc(-c2cc(C(N)=O)c3[nH]c4cc(C(=O)N5CCN(CCN=O)CC5)ccc4c3c2)c1. The lowest BCUT2D eigenvalue weighted by molar-refractivity contribution is 0.0641. The van der Waals surface area contributed by atoms with Crippen LogP contribution < -0.4 is 10.5 Å². The number of fused-ring (bicyclic) bond motifs is 3. The molecular formula is C27H27N5O4. The van der Waals surface area contributed by atoms with Crippen molar-refractivity contribution >= 4 is 33.6 Å². The third kappa shape index (κ3) is 4.40. The maximum absolute atomic E-state index is 13.2. The van der Waals surface area contributed by atoms with E-state index in [0.29, 0.717) is 49.4 Å². The van der Waals surface area contributed by atoms with Crippen molar-refractivity contribution in [3.8, 4) is 16.9 Å². The summed E-state index contributed by atoms with van der Waals surface area (Å²) in [5.41, 5.74) is 9.87. The lowest BCUT2D eigenvalue weighted by Gasteiger charge is -2.34. The Morgan fingerprint density at radius 2 is 1.81 bits per heavy atom. The first-order chi connectivity index (χ1) is 17.5. The molecule has 0 radical (unpaired) electrons. The highest BCUT2D eigenvalue weighted by Gasteiger charge is 2.23. The molecule has 3 aromatic carbocycles. The van der Waals surface area contributed by atoms with E-state index in [0.717, 1.165) is 33.2 Å². The van der Waals surface area contributed by atoms with Crippen molar-refractivity contribution in [2.75, 3.05) is 46.4 Å². The van der Waals surface area contributed by atoms with E-state index >= 15 is 0 Å². The zero-order valence-electron chi connectivity index (χ0n) is 20.0. The average Bonchev–Trinajstić information content (AvgIpc) is 3.29. The Balaban J connectivity index is 1.49. The molecule has 2 heterocycles. The minimum Gasteiger partial charge on any atom is -0.497 e. The topological polar surface area (TPSA) is 121 Å². The van der Waals surface area contributed by atoms with E-state index in [1.165, 1.54) is 0 Å². The van der Waals surface area contributed by atoms with E-state index in [-0.39, 0.29) is 12.5 Å². The number of methoxy groups -OCH3 is 1. The van der Waals surface area contributed by atoms with E-state index in [9.17, 15) is 14.5 Å². The van der Waals surface area contributed by atoms with Crippen molar-refractivity contribution in [1.82, 2.24) is 14.8 Å². The molecule has 0 spiro atoms. The number of carbonyl (C=O) groups is 2. The number of nitrogens with one attached hydrogen (secondary N) is 1. The fourth-order valence-corrected chi connectivity index (χ4v) is 4.84. The number of aromatic nitrogens is 1. The first kappa shape index (κ1) is 23.5. The van der Waals surface area contributed by atoms with Crippen LogP contribution in [-0.4, -0.2) is 73.0 Å². The Kier molecular flexibility index (Phi) is 6.39. The normalized spacial score (nSPS) is 14.3. The summed E-state index contributed by atoms with van der Waals surface area (Å²) < 4.78 is 5.35. The molecule has 0 unspecified atom stereocenters. The number of amides is 2. The van der Waals surface area contributed by atoms with Crippen LogP contribution >= 0.6 is 0 Å². The number of aromatic amines is 1. The van der Waals surface area contributed by atoms with E-state index in [2.05, 4.69) is 15.1 Å². The zero-order chi connectivity index (χ0) is 25.2. The molecule has 1 aromatic heterocycles. The molecular weight excluding hydrogens is 458 g/mol. The van der Waals surface area contributed by atoms with Gasteiger partial charge in [0.1, 0.15) is 5.75 Å². The number of H-pyrrole nitrogens is 1. The van der Waals surface area contributed by atoms with Gasteiger partial charge in [-0.05, 0) is 47.5 Å². The molecule has 1 aliphatic rings. The molecule has 4 aromatic rings. The number of hydrogen-bond acceptors (Lipinski definition) is 6. The van der Waals surface area contributed by atoms with Crippen LogP contribution in [0.4, 0.5) is 0 Å². The van der Waals surface area contributed by atoms with Crippen LogP contribution in [0.25, 0.3) is 32.9 Å². The number of nitrogens with two attached hydrogens (primary N) is 1. The van der Waals surface area contributed by atoms with E-state index in [1.807, 2.05) is 53.4 Å². The average molecular weight is 486 g/mol. The fraction of sp³-hybridized carbons (Fsp3) is 0.259. The molecule has 3 N–H and O–H groups in total. The van der Waals surface area contributed by atoms with Crippen molar-refractivity contribution in [3.05, 3.63) is 70.6 Å². The van der Waals surface area contributed by atoms with Gasteiger partial charge in [-0.1, -0.05) is 23.4 Å². The minimum atomic E-state index is -0.532. The molecule has 2 amide bonds. The van der Waals surface area contributed by atoms with Crippen molar-refractivity contribution < 1.29 is 14.3 Å². The van der Waals surface area contributed by atoms with Gasteiger partial charge in [0.2, 0.25) is 0 Å². The van der Waals surface area contributed by atoms with Gasteiger partial charge >= 0.3 is 0 Å². The van der Waals surface area contributed by atoms with Crippen molar-refractivity contribution in [3.63, 3.8) is 0 Å². The molecule has 36 heavy (non-hydrogen) atoms. The molecule has 0 bridgehead atoms. The van der Waals surface area contributed by atoms with Gasteiger partial charge in [-0.25, -0.2) is 0 Å². The fourth-order valence-electron chi connectivity index (χ4n) is 4.84. The number of ether oxygens (including phenoxy) is 1. The predicted molar refractivity (Wildman–Crippen MR) is 139 cm³/mol. The van der Waals surface area contributed by atoms with Gasteiger partial charge < -0.3 is 20.4 Å². The number of carbonyl (C=O) groups excluding carboxylic acids is 2. The first-order valence-electron chi connectivity index (χ1n) is 11.8. The summed E-state index contributed by atoms with van der Waals surface area (Å²) in [5.74, 6) is 0.141. The van der Waals surface area contributed by atoms with Crippen LogP contribution in [-0.2, 0) is 0 Å². The maximum Gasteiger partial charge on any atom is 0.254 e. The van der Waals surface area contributed by atoms with Crippen molar-refractivity contribution in [2.45, 2.75) is 0 Å². The van der Waals surface area contributed by atoms with Crippen molar-refractivity contribution in [2.24, 2.45) is 10.9 Å². The molecule has 0 aliphatic carbocycles. The van der Waals surface area contributed by atoms with E-state index < -0.39 is 5.91 Å². The van der Waals surface area contributed by atoms with Crippen LogP contribution in [0.5, 0.6) is 5.75 Å². The quantitative estimate of drug-likeness (QED) is 0.387. The molecule has 1 saturated heterocycles. The van der Waals surface area contributed by atoms with E-state index in [1.54, 1.807) is 13.2 Å². The molecule has 9 nitrogen and oxygen atoms in total. The first-order valence-corrected chi connectivity index (χ1v) is 11.8. The Labute approximate surface area is 207 Å². The largest absolute Gasteiger partial charge is 0.497 e. The van der Waals surface area contributed by atoms with Crippen LogP contribution in [0.1, 0.15) is 20.7 Å². The van der Waals surface area contributed by atoms with Gasteiger partial charge in [0, 0.05) is 54.6 Å². The van der Waals surface area contributed by atoms with Gasteiger partial charge in [0.05, 0.1) is 24.7 Å². The summed E-state index contributed by atoms with van der Waals surface area (Å²) in [4.78, 5) is 43.2. The second kappa shape index (κ2) is 9.79. The second-order valence-corrected chi connectivity index (χ2v) is 8.91. The standard InChI is InChI=1S/C27H27N5O4/c1-36-20-4-2-3-17(13-20)19-14-22-21-6-5-18(16-24(21)30-25(22)23(15-19)26(28)33)27(34)32-11-9-31(10-12-32)8-7-29-35/h2-6,13-16,30H,7-12H2,1H3,(H2,28,33). The molecule has 5 rings (SSSR count). The highest BCUT2D eigenvalue weighted by Crippen LogP contribution is 2.34. The summed E-state index contributed by atoms with van der Waals surface area (Å²) in [6.45, 7) is 3.50. The Morgan fingerprint density at radius 1 is 1.00 bits per heavy atom. The summed E-state index contributed by atoms with van der Waals surface area (Å²) >= 11 is 0. The molecule has 0 saturated carbocycles. The number of primary amides is 1. The molecule has 1 aliphatic heterocycles. The number of benzene rings is 3. The van der Waals surface area contributed by atoms with Crippen LogP contribution in [0.2, 0.25) is 0 Å². The second-order valence-electron chi connectivity index (χ2n) is 8.91. The van der Waals surface area contributed by atoms with Crippen LogP contribution in [0.15, 0.2) is 59.8 Å². The lowest BCUT2D eigenvalue weighted by Crippen LogP contribution is -2.49. The monoisotopic (exact) mass is 485 g/mol. The number of nitroso groups, excluding NO2 is 1. The van der Waals surface area contributed by atoms with Crippen LogP contribution in [0, 0.1) is 4.91 Å². The lowest BCUT2D eigenvalue weighted by atomic mass is 9.98. The molecule has 0 atom stereocenters. The third-order valence-electron chi connectivity index (χ3n) is 6.79. The highest BCUT2D eigenvalue weighted by molar-refractivity contribution is 6.17. The Morgan fingerprint density at radius 3 is 2.53 bits per heavy atom. The van der Waals surface area contributed by atoms with E-state index in [4.69, 9.17) is 10.5 Å². The molecule has 1 fully saturated rings. The van der Waals surface area contributed by atoms with Gasteiger partial charge in [-0.2, -0.15) is 4.91 Å². The summed E-state index contributed by atoms with van der Waals surface area (Å²) in [7, 11) is 1.61. The molecule has 184 valence electrons. The van der Waals surface area contributed by atoms with Gasteiger partial charge in [0.25, 0.3) is 11.8 Å². The summed E-state index contributed by atoms with van der Waals surface area (Å²) in [5, 5.41) is 4.68. The number of hydrogen-bond donors (Lipinski definition) is 2. The zero-order valence-corrected chi connectivity index (χ0v) is 20.0. The van der Waals surface area contributed by atoms with Crippen LogP contribution in [0.3, 0.4) is 0 Å². The Hall–Kier alpha value is -4.24. The smallest absolute Gasteiger partial charge is 0.254 e. The predicted octanol–water partition coefficient (Wildman–Crippen LogP) is 3.62. The number of rotatable bonds is 7. The minimum absolute atomic E-state index is 0.0455. The van der Waals surface area contributed by atoms with Gasteiger partial charge in [-0.3, -0.25) is 14.5 Å². The summed E-state index contributed by atoms with van der Waals surface area (Å²) in [6.07, 6.45) is 0. The maximum atomic E-state index is 13.2. The van der Waals surface area contributed by atoms with Gasteiger partial charge in [0.15, 0.2) is 0 Å². The highest BCUT2D eigenvalue weighted by atomic mass is 16.5. The third-order valence-corrected chi connectivity index (χ3v) is 6.79. The number of nitrogens with zero attached hydrogens (tertiary/aromatic N) is 3. The van der Waals surface area contributed by atoms with Gasteiger partial charge in [-0.15, -0.1) is 0 Å². The number of piperazine rings is 1. The molecule has 9 heteroatoms. The summed E-state index contributed by atoms with van der Waals surface area (Å²) in [6, 6.07) is 17.0. The van der Waals surface area contributed by atoms with Crippen molar-refractivity contribution in [1.29, 1.82) is 0 Å². The Bertz CT molecular complexity index is 1470.